The van der Waals surface area contributed by atoms with Crippen LogP contribution in [0, 0.1) is 5.92 Å². The van der Waals surface area contributed by atoms with Gasteiger partial charge in [-0.05, 0) is 42.3 Å². The van der Waals surface area contributed by atoms with E-state index in [0.29, 0.717) is 11.1 Å². The quantitative estimate of drug-likeness (QED) is 0.442. The Kier molecular flexibility index (Phi) is 6.65. The average Bonchev–Trinajstić information content (AvgIpc) is 3.23. The molecule has 0 aromatic heterocycles. The summed E-state index contributed by atoms with van der Waals surface area (Å²) in [5, 5.41) is 15.4. The van der Waals surface area contributed by atoms with Crippen molar-refractivity contribution in [3.63, 3.8) is 0 Å². The van der Waals surface area contributed by atoms with Gasteiger partial charge in [-0.3, -0.25) is 24.0 Å². The second-order valence-electron chi connectivity index (χ2n) is 10.5. The molecule has 3 aromatic carbocycles. The number of hydrogen-bond acceptors (Lipinski definition) is 8. The van der Waals surface area contributed by atoms with Crippen molar-refractivity contribution in [2.24, 2.45) is 5.92 Å². The van der Waals surface area contributed by atoms with Crippen LogP contribution in [0.15, 0.2) is 54.3 Å². The molecule has 0 spiro atoms. The first kappa shape index (κ1) is 27.6. The van der Waals surface area contributed by atoms with E-state index in [1.165, 1.54) is 25.0 Å². The Bertz CT molecular complexity index is 1720. The lowest BCUT2D eigenvalue weighted by atomic mass is 9.67. The number of allylic oxidation sites excluding steroid dienone is 2. The van der Waals surface area contributed by atoms with E-state index in [0.717, 1.165) is 23.8 Å². The molecule has 0 saturated carbocycles. The molecule has 10 heteroatoms. The van der Waals surface area contributed by atoms with Crippen molar-refractivity contribution in [2.75, 3.05) is 21.2 Å². The number of ketones is 3. The SMILES string of the molecule is COc1cc(O)c2c(c1C(=O)NCc1cc(C(=O)N(C)C)cc3ccccc13)OC1=CC(=O)C(C(C)=O)C(=O)[C@]12C. The molecule has 1 unspecified atom stereocenters. The number of nitrogens with one attached hydrogen (secondary N) is 1. The number of phenols is 1. The Labute approximate surface area is 235 Å². The number of ether oxygens (including phenoxy) is 2. The summed E-state index contributed by atoms with van der Waals surface area (Å²) in [4.78, 5) is 66.1. The predicted molar refractivity (Wildman–Crippen MR) is 148 cm³/mol. The summed E-state index contributed by atoms with van der Waals surface area (Å²) in [7, 11) is 4.62. The van der Waals surface area contributed by atoms with Crippen molar-refractivity contribution in [1.29, 1.82) is 0 Å². The first-order chi connectivity index (χ1) is 19.4. The monoisotopic (exact) mass is 556 g/mol. The molecule has 1 aliphatic heterocycles. The summed E-state index contributed by atoms with van der Waals surface area (Å²) in [6.45, 7) is 2.62. The third-order valence-corrected chi connectivity index (χ3v) is 7.64. The minimum Gasteiger partial charge on any atom is -0.507 e. The minimum absolute atomic E-state index is 0.0233. The van der Waals surface area contributed by atoms with E-state index in [1.807, 2.05) is 24.3 Å². The van der Waals surface area contributed by atoms with Gasteiger partial charge in [0.2, 0.25) is 0 Å². The number of methoxy groups -OCH3 is 1. The largest absolute Gasteiger partial charge is 0.507 e. The molecule has 0 fully saturated rings. The van der Waals surface area contributed by atoms with Gasteiger partial charge in [0, 0.05) is 38.3 Å². The van der Waals surface area contributed by atoms with Crippen LogP contribution in [0.3, 0.4) is 0 Å². The molecule has 0 bridgehead atoms. The van der Waals surface area contributed by atoms with Gasteiger partial charge in [-0.1, -0.05) is 24.3 Å². The molecule has 0 radical (unpaired) electrons. The van der Waals surface area contributed by atoms with Crippen LogP contribution < -0.4 is 14.8 Å². The molecule has 3 aromatic rings. The normalized spacial score (nSPS) is 19.1. The summed E-state index contributed by atoms with van der Waals surface area (Å²) < 4.78 is 11.3. The summed E-state index contributed by atoms with van der Waals surface area (Å²) in [6, 6.07) is 12.2. The Hall–Kier alpha value is -4.99. The Balaban J connectivity index is 1.57. The van der Waals surface area contributed by atoms with E-state index in [1.54, 1.807) is 26.2 Å². The number of nitrogens with zero attached hydrogens (tertiary/aromatic N) is 1. The highest BCUT2D eigenvalue weighted by atomic mass is 16.5. The zero-order valence-corrected chi connectivity index (χ0v) is 23.2. The summed E-state index contributed by atoms with van der Waals surface area (Å²) >= 11 is 0. The van der Waals surface area contributed by atoms with E-state index < -0.39 is 34.6 Å². The van der Waals surface area contributed by atoms with Gasteiger partial charge in [0.05, 0.1) is 12.7 Å². The van der Waals surface area contributed by atoms with Crippen molar-refractivity contribution in [3.05, 3.63) is 76.6 Å². The van der Waals surface area contributed by atoms with E-state index >= 15 is 0 Å². The number of benzene rings is 3. The molecule has 1 aliphatic carbocycles. The van der Waals surface area contributed by atoms with Gasteiger partial charge in [-0.2, -0.15) is 0 Å². The first-order valence-electron chi connectivity index (χ1n) is 12.8. The fourth-order valence-corrected chi connectivity index (χ4v) is 5.53. The smallest absolute Gasteiger partial charge is 0.259 e. The van der Waals surface area contributed by atoms with E-state index in [2.05, 4.69) is 5.32 Å². The molecule has 0 saturated heterocycles. The standard InChI is InChI=1S/C31H28N2O8/c1-15(34)24-20(35)13-23-31(2,28(24)37)26-21(36)12-22(40-5)25(27(26)41-23)29(38)32-14-18-11-17(30(39)33(3)4)10-16-8-6-7-9-19(16)18/h6-13,24,36H,14H2,1-5H3,(H,32,38)/t24?,31-/m1/s1. The number of carbonyl (C=O) groups excluding carboxylic acids is 5. The van der Waals surface area contributed by atoms with Gasteiger partial charge in [0.15, 0.2) is 17.3 Å². The van der Waals surface area contributed by atoms with Crippen molar-refractivity contribution < 1.29 is 38.6 Å². The molecule has 2 aliphatic rings. The molecule has 2 N–H and O–H groups in total. The number of hydrogen-bond donors (Lipinski definition) is 2. The molecule has 2 atom stereocenters. The van der Waals surface area contributed by atoms with Gasteiger partial charge in [0.25, 0.3) is 11.8 Å². The van der Waals surface area contributed by atoms with Crippen molar-refractivity contribution >= 4 is 39.9 Å². The molecule has 10 nitrogen and oxygen atoms in total. The van der Waals surface area contributed by atoms with E-state index in [9.17, 15) is 29.1 Å². The fourth-order valence-electron chi connectivity index (χ4n) is 5.53. The van der Waals surface area contributed by atoms with Gasteiger partial charge >= 0.3 is 0 Å². The highest BCUT2D eigenvalue weighted by Gasteiger charge is 2.58. The molecular formula is C31H28N2O8. The van der Waals surface area contributed by atoms with Crippen LogP contribution in [0.5, 0.6) is 17.2 Å². The van der Waals surface area contributed by atoms with Gasteiger partial charge < -0.3 is 24.8 Å². The average molecular weight is 557 g/mol. The summed E-state index contributed by atoms with van der Waals surface area (Å²) in [6.07, 6.45) is 1.07. The lowest BCUT2D eigenvalue weighted by molar-refractivity contribution is -0.140. The maximum atomic E-state index is 13.7. The lowest BCUT2D eigenvalue weighted by Gasteiger charge is -2.30. The van der Waals surface area contributed by atoms with Crippen LogP contribution in [0.1, 0.15) is 45.7 Å². The number of Topliss-reactive ketones (excluding diaryl/α,β-unsaturated/α-hetero) is 2. The van der Waals surface area contributed by atoms with E-state index in [-0.39, 0.29) is 46.6 Å². The van der Waals surface area contributed by atoms with E-state index in [4.69, 9.17) is 9.47 Å². The first-order valence-corrected chi connectivity index (χ1v) is 12.8. The summed E-state index contributed by atoms with van der Waals surface area (Å²) in [5.41, 5.74) is -0.646. The topological polar surface area (TPSA) is 139 Å². The van der Waals surface area contributed by atoms with Crippen molar-refractivity contribution in [2.45, 2.75) is 25.8 Å². The Morgan fingerprint density at radius 1 is 1.12 bits per heavy atom. The van der Waals surface area contributed by atoms with Crippen LogP contribution in [0.25, 0.3) is 10.8 Å². The Morgan fingerprint density at radius 3 is 2.49 bits per heavy atom. The van der Waals surface area contributed by atoms with Gasteiger partial charge in [0.1, 0.15) is 39.9 Å². The number of fused-ring (bicyclic) bond motifs is 4. The number of rotatable bonds is 6. The molecule has 210 valence electrons. The Morgan fingerprint density at radius 2 is 1.83 bits per heavy atom. The lowest BCUT2D eigenvalue weighted by Crippen LogP contribution is -2.47. The molecular weight excluding hydrogens is 528 g/mol. The summed E-state index contributed by atoms with van der Waals surface area (Å²) in [5.74, 6) is -5.10. The number of amides is 2. The van der Waals surface area contributed by atoms with Crippen LogP contribution in [-0.2, 0) is 26.3 Å². The maximum Gasteiger partial charge on any atom is 0.259 e. The molecule has 1 heterocycles. The number of carbonyl (C=O) groups is 5. The number of phenolic OH excluding ortho intramolecular Hbond substituents is 1. The number of aromatic hydroxyl groups is 1. The van der Waals surface area contributed by atoms with Crippen LogP contribution in [0.4, 0.5) is 0 Å². The highest BCUT2D eigenvalue weighted by molar-refractivity contribution is 6.27. The minimum atomic E-state index is -1.66. The zero-order valence-electron chi connectivity index (χ0n) is 23.2. The zero-order chi connectivity index (χ0) is 29.8. The van der Waals surface area contributed by atoms with Crippen LogP contribution in [0.2, 0.25) is 0 Å². The third-order valence-electron chi connectivity index (χ3n) is 7.64. The van der Waals surface area contributed by atoms with Gasteiger partial charge in [-0.25, -0.2) is 0 Å². The van der Waals surface area contributed by atoms with Crippen molar-refractivity contribution in [3.8, 4) is 17.2 Å². The molecule has 41 heavy (non-hydrogen) atoms. The predicted octanol–water partition coefficient (Wildman–Crippen LogP) is 3.08. The van der Waals surface area contributed by atoms with Gasteiger partial charge in [-0.15, -0.1) is 0 Å². The molecule has 2 amide bonds. The highest BCUT2D eigenvalue weighted by Crippen LogP contribution is 2.56. The second kappa shape index (κ2) is 9.88. The maximum absolute atomic E-state index is 13.7. The second-order valence-corrected chi connectivity index (χ2v) is 10.5. The fraction of sp³-hybridized carbons (Fsp3) is 0.258. The molecule has 5 rings (SSSR count). The van der Waals surface area contributed by atoms with Crippen molar-refractivity contribution in [1.82, 2.24) is 10.2 Å². The third kappa shape index (κ3) is 4.23. The van der Waals surface area contributed by atoms with Crippen LogP contribution >= 0.6 is 0 Å². The van der Waals surface area contributed by atoms with Crippen LogP contribution in [-0.4, -0.2) is 60.4 Å².